The molecule has 2 aromatic carbocycles. The fourth-order valence-electron chi connectivity index (χ4n) is 5.76. The number of nitrogens with zero attached hydrogens (tertiary/aromatic N) is 1. The van der Waals surface area contributed by atoms with E-state index in [2.05, 4.69) is 65.7 Å². The number of ether oxygens (including phenoxy) is 1. The molecule has 3 aliphatic rings. The van der Waals surface area contributed by atoms with Gasteiger partial charge in [0, 0.05) is 36.4 Å². The summed E-state index contributed by atoms with van der Waals surface area (Å²) in [5, 5.41) is 3.97. The van der Waals surface area contributed by atoms with E-state index in [4.69, 9.17) is 4.74 Å². The minimum Gasteiger partial charge on any atom is -0.381 e. The SMILES string of the molecule is Cc1ccc2c(c1)C1OCCCC1C(C1CCN(CCc3ccccc3)CC1)N2. The molecular formula is C26H34N2O. The van der Waals surface area contributed by atoms with Crippen molar-refractivity contribution in [2.24, 2.45) is 11.8 Å². The van der Waals surface area contributed by atoms with Crippen molar-refractivity contribution in [2.75, 3.05) is 31.6 Å². The van der Waals surface area contributed by atoms with E-state index < -0.39 is 0 Å². The lowest BCUT2D eigenvalue weighted by Gasteiger charge is -2.48. The van der Waals surface area contributed by atoms with Gasteiger partial charge in [-0.05, 0) is 69.7 Å². The molecule has 3 aliphatic heterocycles. The molecule has 2 aromatic rings. The number of hydrogen-bond donors (Lipinski definition) is 1. The molecule has 3 heterocycles. The minimum absolute atomic E-state index is 0.293. The van der Waals surface area contributed by atoms with E-state index in [9.17, 15) is 0 Å². The standard InChI is InChI=1S/C26H34N2O/c1-19-9-10-24-23(18-19)26-22(8-5-17-29-26)25(27-24)21-12-15-28(16-13-21)14-11-20-6-3-2-4-7-20/h2-4,6-7,9-10,18,21-22,25-27H,5,8,11-17H2,1H3. The van der Waals surface area contributed by atoms with Gasteiger partial charge in [-0.15, -0.1) is 0 Å². The van der Waals surface area contributed by atoms with Crippen LogP contribution in [0.25, 0.3) is 0 Å². The predicted octanol–water partition coefficient (Wildman–Crippen LogP) is 5.21. The molecule has 3 nitrogen and oxygen atoms in total. The molecule has 5 rings (SSSR count). The lowest BCUT2D eigenvalue weighted by atomic mass is 9.72. The van der Waals surface area contributed by atoms with Crippen LogP contribution in [0, 0.1) is 18.8 Å². The maximum Gasteiger partial charge on any atom is 0.0892 e. The molecule has 3 heteroatoms. The molecule has 0 aromatic heterocycles. The van der Waals surface area contributed by atoms with Gasteiger partial charge in [0.25, 0.3) is 0 Å². The Morgan fingerprint density at radius 1 is 1.03 bits per heavy atom. The quantitative estimate of drug-likeness (QED) is 0.775. The zero-order valence-corrected chi connectivity index (χ0v) is 17.6. The molecule has 0 saturated carbocycles. The molecule has 0 radical (unpaired) electrons. The van der Waals surface area contributed by atoms with E-state index in [1.54, 1.807) is 0 Å². The van der Waals surface area contributed by atoms with Crippen molar-refractivity contribution in [3.05, 3.63) is 65.2 Å². The molecule has 2 saturated heterocycles. The van der Waals surface area contributed by atoms with Gasteiger partial charge in [0.15, 0.2) is 0 Å². The molecule has 3 atom stereocenters. The molecular weight excluding hydrogens is 356 g/mol. The van der Waals surface area contributed by atoms with Crippen LogP contribution in [-0.4, -0.2) is 37.2 Å². The van der Waals surface area contributed by atoms with Crippen LogP contribution < -0.4 is 5.32 Å². The molecule has 0 amide bonds. The summed E-state index contributed by atoms with van der Waals surface area (Å²) in [7, 11) is 0. The first-order valence-electron chi connectivity index (χ1n) is 11.5. The third-order valence-corrected chi connectivity index (χ3v) is 7.36. The first-order valence-corrected chi connectivity index (χ1v) is 11.5. The number of aryl methyl sites for hydroxylation is 1. The van der Waals surface area contributed by atoms with E-state index in [-0.39, 0.29) is 0 Å². The van der Waals surface area contributed by atoms with E-state index in [1.165, 1.54) is 74.1 Å². The average Bonchev–Trinajstić information content (AvgIpc) is 2.78. The van der Waals surface area contributed by atoms with Crippen molar-refractivity contribution in [1.82, 2.24) is 4.90 Å². The van der Waals surface area contributed by atoms with Crippen LogP contribution in [0.15, 0.2) is 48.5 Å². The number of fused-ring (bicyclic) bond motifs is 3. The molecule has 0 aliphatic carbocycles. The Kier molecular flexibility index (Phi) is 5.61. The summed E-state index contributed by atoms with van der Waals surface area (Å²) in [6.45, 7) is 6.75. The fraction of sp³-hybridized carbons (Fsp3) is 0.538. The highest BCUT2D eigenvalue weighted by Crippen LogP contribution is 2.47. The summed E-state index contributed by atoms with van der Waals surface area (Å²) in [5.74, 6) is 1.38. The maximum atomic E-state index is 6.34. The number of piperidine rings is 1. The molecule has 1 N–H and O–H groups in total. The van der Waals surface area contributed by atoms with Crippen LogP contribution in [0.3, 0.4) is 0 Å². The Balaban J connectivity index is 1.24. The summed E-state index contributed by atoms with van der Waals surface area (Å²) in [6.07, 6.45) is 6.56. The van der Waals surface area contributed by atoms with Crippen molar-refractivity contribution in [2.45, 2.75) is 51.2 Å². The Labute approximate surface area is 175 Å². The Bertz CT molecular complexity index is 813. The first-order chi connectivity index (χ1) is 14.3. The number of hydrogen-bond acceptors (Lipinski definition) is 3. The minimum atomic E-state index is 0.293. The third kappa shape index (κ3) is 4.08. The van der Waals surface area contributed by atoms with Crippen LogP contribution in [0.5, 0.6) is 0 Å². The zero-order valence-electron chi connectivity index (χ0n) is 17.6. The van der Waals surface area contributed by atoms with E-state index in [0.29, 0.717) is 18.1 Å². The smallest absolute Gasteiger partial charge is 0.0892 e. The van der Waals surface area contributed by atoms with Crippen molar-refractivity contribution in [3.63, 3.8) is 0 Å². The highest BCUT2D eigenvalue weighted by Gasteiger charge is 2.42. The lowest BCUT2D eigenvalue weighted by molar-refractivity contribution is -0.0472. The Morgan fingerprint density at radius 2 is 1.86 bits per heavy atom. The van der Waals surface area contributed by atoms with Gasteiger partial charge in [0.05, 0.1) is 6.10 Å². The maximum absolute atomic E-state index is 6.34. The van der Waals surface area contributed by atoms with Gasteiger partial charge >= 0.3 is 0 Å². The van der Waals surface area contributed by atoms with Crippen LogP contribution in [0.1, 0.15) is 48.5 Å². The molecule has 29 heavy (non-hydrogen) atoms. The number of benzene rings is 2. The summed E-state index contributed by atoms with van der Waals surface area (Å²) in [6, 6.07) is 18.3. The Hall–Kier alpha value is -1.84. The van der Waals surface area contributed by atoms with E-state index in [0.717, 1.165) is 12.5 Å². The van der Waals surface area contributed by atoms with Crippen molar-refractivity contribution in [3.8, 4) is 0 Å². The second-order valence-corrected chi connectivity index (χ2v) is 9.27. The van der Waals surface area contributed by atoms with Gasteiger partial charge in [-0.2, -0.15) is 0 Å². The summed E-state index contributed by atoms with van der Waals surface area (Å²) in [5.41, 5.74) is 5.50. The topological polar surface area (TPSA) is 24.5 Å². The average molecular weight is 391 g/mol. The summed E-state index contributed by atoms with van der Waals surface area (Å²) >= 11 is 0. The monoisotopic (exact) mass is 390 g/mol. The van der Waals surface area contributed by atoms with Crippen molar-refractivity contribution >= 4 is 5.69 Å². The number of rotatable bonds is 4. The van der Waals surface area contributed by atoms with Gasteiger partial charge in [-0.3, -0.25) is 0 Å². The second kappa shape index (κ2) is 8.49. The number of anilines is 1. The largest absolute Gasteiger partial charge is 0.381 e. The zero-order chi connectivity index (χ0) is 19.6. The van der Waals surface area contributed by atoms with E-state index in [1.807, 2.05) is 0 Å². The second-order valence-electron chi connectivity index (χ2n) is 9.27. The molecule has 154 valence electrons. The predicted molar refractivity (Wildman–Crippen MR) is 119 cm³/mol. The number of nitrogens with one attached hydrogen (secondary N) is 1. The normalized spacial score (nSPS) is 27.7. The highest BCUT2D eigenvalue weighted by molar-refractivity contribution is 5.57. The lowest BCUT2D eigenvalue weighted by Crippen LogP contribution is -2.49. The van der Waals surface area contributed by atoms with Gasteiger partial charge < -0.3 is 15.0 Å². The molecule has 0 bridgehead atoms. The summed E-state index contributed by atoms with van der Waals surface area (Å²) in [4.78, 5) is 2.67. The fourth-order valence-corrected chi connectivity index (χ4v) is 5.76. The van der Waals surface area contributed by atoms with Crippen molar-refractivity contribution < 1.29 is 4.74 Å². The van der Waals surface area contributed by atoms with E-state index >= 15 is 0 Å². The Morgan fingerprint density at radius 3 is 2.69 bits per heavy atom. The first kappa shape index (κ1) is 19.1. The third-order valence-electron chi connectivity index (χ3n) is 7.36. The van der Waals surface area contributed by atoms with Crippen LogP contribution in [-0.2, 0) is 11.2 Å². The van der Waals surface area contributed by atoms with Crippen LogP contribution in [0.2, 0.25) is 0 Å². The molecule has 2 fully saturated rings. The van der Waals surface area contributed by atoms with Gasteiger partial charge in [-0.25, -0.2) is 0 Å². The highest BCUT2D eigenvalue weighted by atomic mass is 16.5. The number of likely N-dealkylation sites (tertiary alicyclic amines) is 1. The van der Waals surface area contributed by atoms with Crippen LogP contribution >= 0.6 is 0 Å². The summed E-state index contributed by atoms with van der Waals surface area (Å²) < 4.78 is 6.34. The van der Waals surface area contributed by atoms with Crippen LogP contribution in [0.4, 0.5) is 5.69 Å². The van der Waals surface area contributed by atoms with Crippen molar-refractivity contribution in [1.29, 1.82) is 0 Å². The van der Waals surface area contributed by atoms with Gasteiger partial charge in [0.2, 0.25) is 0 Å². The van der Waals surface area contributed by atoms with Gasteiger partial charge in [-0.1, -0.05) is 48.0 Å². The molecule has 0 spiro atoms. The van der Waals surface area contributed by atoms with Gasteiger partial charge in [0.1, 0.15) is 0 Å². The molecule has 3 unspecified atom stereocenters.